The van der Waals surface area contributed by atoms with Crippen LogP contribution in [-0.2, 0) is 20.7 Å². The van der Waals surface area contributed by atoms with Gasteiger partial charge in [-0.25, -0.2) is 4.79 Å². The minimum Gasteiger partial charge on any atom is -0.480 e. The standard InChI is InChI=1S/C18H22ClNO5/c1-4-24-14-9-18(16(22)23,17(14,2)3)20-15(21)13-8-10-7-11(19)5-6-12(10)25-13/h5-7,13-14H,4,8-9H2,1-3H3,(H,20,21)(H,22,23). The van der Waals surface area contributed by atoms with Gasteiger partial charge in [0.15, 0.2) is 6.10 Å². The smallest absolute Gasteiger partial charge is 0.330 e. The average molecular weight is 368 g/mol. The number of benzene rings is 1. The molecular formula is C18H22ClNO5. The van der Waals surface area contributed by atoms with Crippen LogP contribution in [0.15, 0.2) is 18.2 Å². The summed E-state index contributed by atoms with van der Waals surface area (Å²) in [6.07, 6.45) is -0.367. The third-order valence-electron chi connectivity index (χ3n) is 5.46. The molecule has 1 aromatic carbocycles. The molecule has 3 rings (SSSR count). The molecule has 0 saturated heterocycles. The number of hydrogen-bond donors (Lipinski definition) is 2. The van der Waals surface area contributed by atoms with E-state index in [1.54, 1.807) is 32.0 Å². The molecule has 25 heavy (non-hydrogen) atoms. The van der Waals surface area contributed by atoms with E-state index in [-0.39, 0.29) is 12.5 Å². The molecule has 0 bridgehead atoms. The van der Waals surface area contributed by atoms with E-state index in [0.29, 0.717) is 23.8 Å². The van der Waals surface area contributed by atoms with Crippen molar-refractivity contribution in [3.8, 4) is 5.75 Å². The zero-order chi connectivity index (χ0) is 18.4. The quantitative estimate of drug-likeness (QED) is 0.834. The number of carbonyl (C=O) groups excluding carboxylic acids is 1. The third kappa shape index (κ3) is 2.77. The first-order chi connectivity index (χ1) is 11.7. The van der Waals surface area contributed by atoms with Crippen LogP contribution >= 0.6 is 11.6 Å². The van der Waals surface area contributed by atoms with E-state index in [1.807, 2.05) is 6.92 Å². The monoisotopic (exact) mass is 367 g/mol. The lowest BCUT2D eigenvalue weighted by Gasteiger charge is -2.58. The first-order valence-electron chi connectivity index (χ1n) is 8.33. The van der Waals surface area contributed by atoms with E-state index >= 15 is 0 Å². The van der Waals surface area contributed by atoms with Gasteiger partial charge in [-0.05, 0) is 30.7 Å². The van der Waals surface area contributed by atoms with Gasteiger partial charge in [0.2, 0.25) is 0 Å². The molecule has 6 nitrogen and oxygen atoms in total. The van der Waals surface area contributed by atoms with Gasteiger partial charge in [0.05, 0.1) is 6.10 Å². The average Bonchev–Trinajstić information content (AvgIpc) is 2.96. The fraction of sp³-hybridized carbons (Fsp3) is 0.556. The molecule has 1 aromatic rings. The molecule has 1 amide bonds. The fourth-order valence-electron chi connectivity index (χ4n) is 3.69. The van der Waals surface area contributed by atoms with Crippen LogP contribution in [-0.4, -0.2) is 41.3 Å². The molecule has 3 atom stereocenters. The summed E-state index contributed by atoms with van der Waals surface area (Å²) in [6, 6.07) is 5.17. The molecule has 136 valence electrons. The highest BCUT2D eigenvalue weighted by atomic mass is 35.5. The Balaban J connectivity index is 1.75. The van der Waals surface area contributed by atoms with Gasteiger partial charge in [-0.2, -0.15) is 0 Å². The Morgan fingerprint density at radius 1 is 1.44 bits per heavy atom. The predicted octanol–water partition coefficient (Wildman–Crippen LogP) is 2.42. The number of carbonyl (C=O) groups is 2. The minimum absolute atomic E-state index is 0.214. The summed E-state index contributed by atoms with van der Waals surface area (Å²) in [5.41, 5.74) is -1.24. The second-order valence-electron chi connectivity index (χ2n) is 7.13. The van der Waals surface area contributed by atoms with Gasteiger partial charge in [0, 0.05) is 29.9 Å². The molecule has 3 unspecified atom stereocenters. The van der Waals surface area contributed by atoms with E-state index in [4.69, 9.17) is 21.1 Å². The summed E-state index contributed by atoms with van der Waals surface area (Å²) >= 11 is 5.97. The van der Waals surface area contributed by atoms with Crippen molar-refractivity contribution in [2.75, 3.05) is 6.61 Å². The number of fused-ring (bicyclic) bond motifs is 1. The Morgan fingerprint density at radius 2 is 2.16 bits per heavy atom. The molecule has 1 aliphatic carbocycles. The molecule has 1 saturated carbocycles. The Bertz CT molecular complexity index is 719. The maximum atomic E-state index is 12.7. The van der Waals surface area contributed by atoms with Crippen molar-refractivity contribution in [1.82, 2.24) is 5.32 Å². The minimum atomic E-state index is -1.36. The van der Waals surface area contributed by atoms with E-state index in [2.05, 4.69) is 5.32 Å². The van der Waals surface area contributed by atoms with Crippen molar-refractivity contribution in [3.05, 3.63) is 28.8 Å². The van der Waals surface area contributed by atoms with Crippen molar-refractivity contribution in [1.29, 1.82) is 0 Å². The molecular weight excluding hydrogens is 346 g/mol. The van der Waals surface area contributed by atoms with Crippen LogP contribution in [0.1, 0.15) is 32.8 Å². The summed E-state index contributed by atoms with van der Waals surface area (Å²) in [4.78, 5) is 24.6. The largest absolute Gasteiger partial charge is 0.480 e. The number of hydrogen-bond acceptors (Lipinski definition) is 4. The summed E-state index contributed by atoms with van der Waals surface area (Å²) in [5, 5.41) is 13.1. The Morgan fingerprint density at radius 3 is 2.76 bits per heavy atom. The third-order valence-corrected chi connectivity index (χ3v) is 5.69. The van der Waals surface area contributed by atoms with Crippen LogP contribution in [0.3, 0.4) is 0 Å². The summed E-state index contributed by atoms with van der Waals surface area (Å²) in [7, 11) is 0. The summed E-state index contributed by atoms with van der Waals surface area (Å²) in [6.45, 7) is 5.97. The molecule has 0 radical (unpaired) electrons. The summed E-state index contributed by atoms with van der Waals surface area (Å²) < 4.78 is 11.3. The van der Waals surface area contributed by atoms with Gasteiger partial charge in [-0.1, -0.05) is 25.4 Å². The predicted molar refractivity (Wildman–Crippen MR) is 91.9 cm³/mol. The Kier molecular flexibility index (Phi) is 4.45. The molecule has 0 spiro atoms. The Labute approximate surface area is 151 Å². The van der Waals surface area contributed by atoms with Crippen LogP contribution in [0.4, 0.5) is 0 Å². The highest BCUT2D eigenvalue weighted by Gasteiger charge is 2.66. The lowest BCUT2D eigenvalue weighted by atomic mass is 9.54. The van der Waals surface area contributed by atoms with E-state index in [9.17, 15) is 14.7 Å². The molecule has 7 heteroatoms. The second-order valence-corrected chi connectivity index (χ2v) is 7.57. The second kappa shape index (κ2) is 6.18. The summed E-state index contributed by atoms with van der Waals surface area (Å²) in [5.74, 6) is -0.882. The van der Waals surface area contributed by atoms with Crippen LogP contribution in [0.25, 0.3) is 0 Å². The van der Waals surface area contributed by atoms with Gasteiger partial charge < -0.3 is 19.9 Å². The van der Waals surface area contributed by atoms with E-state index in [1.165, 1.54) is 0 Å². The molecule has 1 aliphatic heterocycles. The van der Waals surface area contributed by atoms with Crippen molar-refractivity contribution >= 4 is 23.5 Å². The van der Waals surface area contributed by atoms with Crippen LogP contribution in [0, 0.1) is 5.41 Å². The number of ether oxygens (including phenoxy) is 2. The maximum absolute atomic E-state index is 12.7. The number of rotatable bonds is 5. The van der Waals surface area contributed by atoms with Crippen molar-refractivity contribution in [3.63, 3.8) is 0 Å². The Hall–Kier alpha value is -1.79. The number of carboxylic acid groups (broad SMARTS) is 1. The fourth-order valence-corrected chi connectivity index (χ4v) is 3.89. The SMILES string of the molecule is CCOC1CC(NC(=O)C2Cc3cc(Cl)ccc3O2)(C(=O)O)C1(C)C. The number of nitrogens with one attached hydrogen (secondary N) is 1. The van der Waals surface area contributed by atoms with Crippen LogP contribution in [0.2, 0.25) is 5.02 Å². The van der Waals surface area contributed by atoms with E-state index < -0.39 is 28.9 Å². The molecule has 2 aliphatic rings. The number of amides is 1. The van der Waals surface area contributed by atoms with Gasteiger partial charge in [0.1, 0.15) is 11.3 Å². The van der Waals surface area contributed by atoms with Gasteiger partial charge >= 0.3 is 5.97 Å². The number of carboxylic acids is 1. The first kappa shape index (κ1) is 18.0. The van der Waals surface area contributed by atoms with Gasteiger partial charge in [-0.3, -0.25) is 4.79 Å². The normalized spacial score (nSPS) is 29.3. The van der Waals surface area contributed by atoms with E-state index in [0.717, 1.165) is 5.56 Å². The number of aliphatic carboxylic acids is 1. The number of halogens is 1. The molecule has 1 heterocycles. The van der Waals surface area contributed by atoms with Crippen molar-refractivity contribution < 1.29 is 24.2 Å². The molecule has 1 fully saturated rings. The highest BCUT2D eigenvalue weighted by molar-refractivity contribution is 6.30. The zero-order valence-corrected chi connectivity index (χ0v) is 15.2. The van der Waals surface area contributed by atoms with Crippen LogP contribution < -0.4 is 10.1 Å². The van der Waals surface area contributed by atoms with Gasteiger partial charge in [0.25, 0.3) is 5.91 Å². The van der Waals surface area contributed by atoms with Crippen LogP contribution in [0.5, 0.6) is 5.75 Å². The van der Waals surface area contributed by atoms with Crippen molar-refractivity contribution in [2.24, 2.45) is 5.41 Å². The van der Waals surface area contributed by atoms with Gasteiger partial charge in [-0.15, -0.1) is 0 Å². The lowest BCUT2D eigenvalue weighted by Crippen LogP contribution is -2.76. The zero-order valence-electron chi connectivity index (χ0n) is 14.5. The first-order valence-corrected chi connectivity index (χ1v) is 8.71. The maximum Gasteiger partial charge on any atom is 0.330 e. The lowest BCUT2D eigenvalue weighted by molar-refractivity contribution is -0.195. The molecule has 2 N–H and O–H groups in total. The highest BCUT2D eigenvalue weighted by Crippen LogP contribution is 2.51. The molecule has 0 aromatic heterocycles. The van der Waals surface area contributed by atoms with Crippen molar-refractivity contribution in [2.45, 2.75) is 51.4 Å². The topological polar surface area (TPSA) is 84.9 Å².